The van der Waals surface area contributed by atoms with Gasteiger partial charge in [0.1, 0.15) is 0 Å². The monoisotopic (exact) mass is 144 g/mol. The predicted molar refractivity (Wildman–Crippen MR) is 31.4 cm³/mol. The number of esters is 1. The Balaban J connectivity index is 2.72. The molecule has 4 heteroatoms. The van der Waals surface area contributed by atoms with Crippen molar-refractivity contribution in [3.05, 3.63) is 0 Å². The van der Waals surface area contributed by atoms with E-state index in [2.05, 4.69) is 4.74 Å². The smallest absolute Gasteiger partial charge is 0.347 e. The Hall–Kier alpha value is -1.06. The quantitative estimate of drug-likeness (QED) is 0.532. The van der Waals surface area contributed by atoms with Crippen molar-refractivity contribution in [1.82, 2.24) is 0 Å². The second-order valence-electron chi connectivity index (χ2n) is 2.51. The van der Waals surface area contributed by atoms with Crippen LogP contribution >= 0.6 is 0 Å². The molecule has 1 saturated heterocycles. The van der Waals surface area contributed by atoms with E-state index in [4.69, 9.17) is 5.11 Å². The van der Waals surface area contributed by atoms with Crippen molar-refractivity contribution in [2.24, 2.45) is 0 Å². The molecule has 1 fully saturated rings. The number of cyclic esters (lactones) is 1. The first-order chi connectivity index (χ1) is 4.54. The lowest BCUT2D eigenvalue weighted by Gasteiger charge is -2.15. The molecule has 0 spiro atoms. The summed E-state index contributed by atoms with van der Waals surface area (Å²) < 4.78 is 4.57. The van der Waals surface area contributed by atoms with E-state index in [9.17, 15) is 9.59 Å². The van der Waals surface area contributed by atoms with Crippen LogP contribution in [-0.2, 0) is 14.3 Å². The summed E-state index contributed by atoms with van der Waals surface area (Å²) >= 11 is 0. The minimum atomic E-state index is -1.27. The van der Waals surface area contributed by atoms with Gasteiger partial charge in [0.05, 0.1) is 0 Å². The Labute approximate surface area is 57.8 Å². The Morgan fingerprint density at radius 1 is 1.80 bits per heavy atom. The second kappa shape index (κ2) is 1.97. The van der Waals surface area contributed by atoms with Crippen LogP contribution in [0.2, 0.25) is 0 Å². The van der Waals surface area contributed by atoms with Gasteiger partial charge in [0.25, 0.3) is 0 Å². The van der Waals surface area contributed by atoms with Crippen LogP contribution in [0.25, 0.3) is 0 Å². The van der Waals surface area contributed by atoms with Crippen LogP contribution in [0.4, 0.5) is 0 Å². The van der Waals surface area contributed by atoms with Gasteiger partial charge in [0.2, 0.25) is 5.60 Å². The third kappa shape index (κ3) is 0.964. The average Bonchev–Trinajstić information content (AvgIpc) is 2.13. The SMILES string of the molecule is CC1(C(=O)O)CCC(=O)O1. The first-order valence-corrected chi connectivity index (χ1v) is 3.00. The summed E-state index contributed by atoms with van der Waals surface area (Å²) in [6.07, 6.45) is 0.490. The molecule has 0 aromatic rings. The first-order valence-electron chi connectivity index (χ1n) is 3.00. The molecular weight excluding hydrogens is 136 g/mol. The summed E-state index contributed by atoms with van der Waals surface area (Å²) in [5.41, 5.74) is -1.27. The van der Waals surface area contributed by atoms with Crippen LogP contribution in [0.3, 0.4) is 0 Å². The van der Waals surface area contributed by atoms with Gasteiger partial charge >= 0.3 is 11.9 Å². The fourth-order valence-electron chi connectivity index (χ4n) is 0.844. The second-order valence-corrected chi connectivity index (χ2v) is 2.51. The molecule has 0 radical (unpaired) electrons. The number of hydrogen-bond acceptors (Lipinski definition) is 3. The molecule has 1 atom stereocenters. The maximum atomic E-state index is 10.5. The molecule has 4 nitrogen and oxygen atoms in total. The summed E-state index contributed by atoms with van der Waals surface area (Å²) in [6, 6.07) is 0. The topological polar surface area (TPSA) is 63.6 Å². The van der Waals surface area contributed by atoms with Gasteiger partial charge in [-0.25, -0.2) is 4.79 Å². The van der Waals surface area contributed by atoms with E-state index in [1.165, 1.54) is 6.92 Å². The van der Waals surface area contributed by atoms with Crippen molar-refractivity contribution in [1.29, 1.82) is 0 Å². The van der Waals surface area contributed by atoms with Crippen LogP contribution in [-0.4, -0.2) is 22.6 Å². The lowest BCUT2D eigenvalue weighted by atomic mass is 10.0. The van der Waals surface area contributed by atoms with E-state index in [0.29, 0.717) is 0 Å². The number of hydrogen-bond donors (Lipinski definition) is 1. The normalized spacial score (nSPS) is 31.9. The molecule has 0 amide bonds. The van der Waals surface area contributed by atoms with Crippen LogP contribution in [0.1, 0.15) is 19.8 Å². The molecule has 1 unspecified atom stereocenters. The predicted octanol–water partition coefficient (Wildman–Crippen LogP) is 0.167. The largest absolute Gasteiger partial charge is 0.478 e. The molecule has 0 aromatic carbocycles. The number of aliphatic carboxylic acids is 1. The van der Waals surface area contributed by atoms with Gasteiger partial charge in [-0.15, -0.1) is 0 Å². The molecule has 1 heterocycles. The number of carboxylic acids is 1. The first kappa shape index (κ1) is 7.05. The average molecular weight is 144 g/mol. The fraction of sp³-hybridized carbons (Fsp3) is 0.667. The van der Waals surface area contributed by atoms with E-state index in [0.717, 1.165) is 0 Å². The van der Waals surface area contributed by atoms with E-state index in [1.54, 1.807) is 0 Å². The lowest BCUT2D eigenvalue weighted by molar-refractivity contribution is -0.167. The minimum Gasteiger partial charge on any atom is -0.478 e. The Morgan fingerprint density at radius 2 is 2.40 bits per heavy atom. The van der Waals surface area contributed by atoms with Crippen molar-refractivity contribution in [2.75, 3.05) is 0 Å². The molecule has 56 valence electrons. The molecule has 0 bridgehead atoms. The van der Waals surface area contributed by atoms with E-state index < -0.39 is 17.5 Å². The summed E-state index contributed by atoms with van der Waals surface area (Å²) in [4.78, 5) is 20.9. The molecule has 1 aliphatic heterocycles. The number of carbonyl (C=O) groups is 2. The van der Waals surface area contributed by atoms with Gasteiger partial charge in [0, 0.05) is 12.8 Å². The number of carboxylic acid groups (broad SMARTS) is 1. The summed E-state index contributed by atoms with van der Waals surface area (Å²) in [5.74, 6) is -1.50. The maximum Gasteiger partial charge on any atom is 0.347 e. The minimum absolute atomic E-state index is 0.211. The van der Waals surface area contributed by atoms with Crippen molar-refractivity contribution >= 4 is 11.9 Å². The standard InChI is InChI=1S/C6H8O4/c1-6(5(8)9)3-2-4(7)10-6/h2-3H2,1H3,(H,8,9). The third-order valence-corrected chi connectivity index (χ3v) is 1.60. The molecule has 10 heavy (non-hydrogen) atoms. The van der Waals surface area contributed by atoms with Crippen LogP contribution in [0, 0.1) is 0 Å². The highest BCUT2D eigenvalue weighted by atomic mass is 16.6. The van der Waals surface area contributed by atoms with Crippen molar-refractivity contribution in [2.45, 2.75) is 25.4 Å². The molecular formula is C6H8O4. The molecule has 1 rings (SSSR count). The van der Waals surface area contributed by atoms with E-state index >= 15 is 0 Å². The number of rotatable bonds is 1. The van der Waals surface area contributed by atoms with E-state index in [-0.39, 0.29) is 12.8 Å². The van der Waals surface area contributed by atoms with Crippen molar-refractivity contribution < 1.29 is 19.4 Å². The summed E-state index contributed by atoms with van der Waals surface area (Å²) in [5, 5.41) is 8.51. The van der Waals surface area contributed by atoms with Crippen LogP contribution < -0.4 is 0 Å². The highest BCUT2D eigenvalue weighted by molar-refractivity contribution is 5.85. The fourth-order valence-corrected chi connectivity index (χ4v) is 0.844. The Kier molecular flexibility index (Phi) is 1.39. The molecule has 0 aliphatic carbocycles. The van der Waals surface area contributed by atoms with Gasteiger partial charge in [-0.2, -0.15) is 0 Å². The zero-order valence-corrected chi connectivity index (χ0v) is 5.59. The van der Waals surface area contributed by atoms with Gasteiger partial charge in [-0.1, -0.05) is 0 Å². The highest BCUT2D eigenvalue weighted by Crippen LogP contribution is 2.25. The molecule has 0 aromatic heterocycles. The van der Waals surface area contributed by atoms with Crippen molar-refractivity contribution in [3.63, 3.8) is 0 Å². The van der Waals surface area contributed by atoms with Gasteiger partial charge in [-0.3, -0.25) is 4.79 Å². The summed E-state index contributed by atoms with van der Waals surface area (Å²) in [7, 11) is 0. The zero-order chi connectivity index (χ0) is 7.78. The van der Waals surface area contributed by atoms with Crippen molar-refractivity contribution in [3.8, 4) is 0 Å². The van der Waals surface area contributed by atoms with Crippen LogP contribution in [0.5, 0.6) is 0 Å². The van der Waals surface area contributed by atoms with Gasteiger partial charge < -0.3 is 9.84 Å². The number of carbonyl (C=O) groups excluding carboxylic acids is 1. The zero-order valence-electron chi connectivity index (χ0n) is 5.59. The van der Waals surface area contributed by atoms with Gasteiger partial charge in [-0.05, 0) is 6.92 Å². The molecule has 1 N–H and O–H groups in total. The van der Waals surface area contributed by atoms with E-state index in [1.807, 2.05) is 0 Å². The third-order valence-electron chi connectivity index (χ3n) is 1.60. The lowest BCUT2D eigenvalue weighted by Crippen LogP contribution is -2.34. The van der Waals surface area contributed by atoms with Gasteiger partial charge in [0.15, 0.2) is 0 Å². The summed E-state index contributed by atoms with van der Waals surface area (Å²) in [6.45, 7) is 1.40. The Morgan fingerprint density at radius 3 is 2.60 bits per heavy atom. The Bertz CT molecular complexity index is 186. The highest BCUT2D eigenvalue weighted by Gasteiger charge is 2.42. The molecule has 0 saturated carbocycles. The van der Waals surface area contributed by atoms with Crippen LogP contribution in [0.15, 0.2) is 0 Å². The molecule has 1 aliphatic rings. The number of ether oxygens (including phenoxy) is 1. The maximum absolute atomic E-state index is 10.5.